The van der Waals surface area contributed by atoms with Crippen LogP contribution in [0.15, 0.2) is 48.5 Å². The van der Waals surface area contributed by atoms with E-state index in [4.69, 9.17) is 11.6 Å². The zero-order valence-corrected chi connectivity index (χ0v) is 16.0. The summed E-state index contributed by atoms with van der Waals surface area (Å²) in [5, 5.41) is 3.77. The fourth-order valence-electron chi connectivity index (χ4n) is 3.14. The quantitative estimate of drug-likeness (QED) is 0.850. The van der Waals surface area contributed by atoms with Crippen LogP contribution < -0.4 is 5.32 Å². The summed E-state index contributed by atoms with van der Waals surface area (Å²) in [5.74, 6) is 0. The molecule has 0 spiro atoms. The maximum absolute atomic E-state index is 12.4. The molecule has 2 amide bonds. The fourth-order valence-corrected chi connectivity index (χ4v) is 3.27. The molecule has 5 heteroatoms. The van der Waals surface area contributed by atoms with Crippen molar-refractivity contribution in [3.63, 3.8) is 0 Å². The molecular weight excluding hydrogens is 346 g/mol. The summed E-state index contributed by atoms with van der Waals surface area (Å²) in [6.45, 7) is 6.49. The standard InChI is InChI=1S/C21H26ClN3O/c1-2-17-5-9-20(10-6-17)23-21(26)25-15-13-24(14-16-25)12-11-18-3-7-19(22)8-4-18/h3-10H,2,11-16H2,1H3,(H,23,26). The third-order valence-electron chi connectivity index (χ3n) is 4.90. The van der Waals surface area contributed by atoms with Gasteiger partial charge >= 0.3 is 6.03 Å². The van der Waals surface area contributed by atoms with E-state index in [1.807, 2.05) is 29.2 Å². The number of carbonyl (C=O) groups is 1. The SMILES string of the molecule is CCc1ccc(NC(=O)N2CCN(CCc3ccc(Cl)cc3)CC2)cc1. The molecule has 1 aliphatic rings. The Bertz CT molecular complexity index is 707. The van der Waals surface area contributed by atoms with Gasteiger partial charge in [0.05, 0.1) is 0 Å². The number of nitrogens with one attached hydrogen (secondary N) is 1. The molecule has 0 unspecified atom stereocenters. The zero-order chi connectivity index (χ0) is 18.4. The predicted octanol–water partition coefficient (Wildman–Crippen LogP) is 4.29. The van der Waals surface area contributed by atoms with E-state index < -0.39 is 0 Å². The first-order valence-corrected chi connectivity index (χ1v) is 9.63. The lowest BCUT2D eigenvalue weighted by molar-refractivity contribution is 0.148. The second-order valence-corrected chi connectivity index (χ2v) is 7.12. The molecule has 0 aromatic heterocycles. The second kappa shape index (κ2) is 9.06. The molecule has 2 aromatic carbocycles. The molecule has 3 rings (SSSR count). The van der Waals surface area contributed by atoms with E-state index in [2.05, 4.69) is 41.4 Å². The third kappa shape index (κ3) is 5.23. The van der Waals surface area contributed by atoms with Crippen molar-refractivity contribution in [3.8, 4) is 0 Å². The number of hydrogen-bond acceptors (Lipinski definition) is 2. The van der Waals surface area contributed by atoms with Crippen molar-refractivity contribution in [2.45, 2.75) is 19.8 Å². The summed E-state index contributed by atoms with van der Waals surface area (Å²) in [5.41, 5.74) is 3.43. The molecule has 0 radical (unpaired) electrons. The van der Waals surface area contributed by atoms with Gasteiger partial charge in [-0.05, 0) is 48.2 Å². The van der Waals surface area contributed by atoms with Crippen LogP contribution in [0.1, 0.15) is 18.1 Å². The molecule has 4 nitrogen and oxygen atoms in total. The normalized spacial score (nSPS) is 15.1. The van der Waals surface area contributed by atoms with Crippen LogP contribution in [0, 0.1) is 0 Å². The van der Waals surface area contributed by atoms with Crippen LogP contribution in [0.25, 0.3) is 0 Å². The molecule has 138 valence electrons. The first-order chi connectivity index (χ1) is 12.6. The molecule has 1 N–H and O–H groups in total. The van der Waals surface area contributed by atoms with Crippen LogP contribution in [0.5, 0.6) is 0 Å². The first kappa shape index (κ1) is 18.7. The van der Waals surface area contributed by atoms with E-state index >= 15 is 0 Å². The van der Waals surface area contributed by atoms with Crippen molar-refractivity contribution < 1.29 is 4.79 Å². The van der Waals surface area contributed by atoms with E-state index in [0.29, 0.717) is 0 Å². The average Bonchev–Trinajstić information content (AvgIpc) is 2.68. The van der Waals surface area contributed by atoms with E-state index in [-0.39, 0.29) is 6.03 Å². The van der Waals surface area contributed by atoms with Crippen LogP contribution in [0.4, 0.5) is 10.5 Å². The number of aryl methyl sites for hydroxylation is 1. The van der Waals surface area contributed by atoms with Crippen LogP contribution >= 0.6 is 11.6 Å². The summed E-state index contributed by atoms with van der Waals surface area (Å²) in [7, 11) is 0. The molecule has 0 bridgehead atoms. The van der Waals surface area contributed by atoms with Crippen LogP contribution in [0.2, 0.25) is 5.02 Å². The minimum Gasteiger partial charge on any atom is -0.322 e. The van der Waals surface area contributed by atoms with Crippen LogP contribution in [-0.4, -0.2) is 48.6 Å². The lowest BCUT2D eigenvalue weighted by Gasteiger charge is -2.34. The molecule has 26 heavy (non-hydrogen) atoms. The van der Waals surface area contributed by atoms with Gasteiger partial charge in [-0.2, -0.15) is 0 Å². The van der Waals surface area contributed by atoms with Crippen LogP contribution in [-0.2, 0) is 12.8 Å². The number of anilines is 1. The van der Waals surface area contributed by atoms with Gasteiger partial charge in [-0.15, -0.1) is 0 Å². The number of benzene rings is 2. The molecular formula is C21H26ClN3O. The Balaban J connectivity index is 1.42. The molecule has 1 heterocycles. The Hall–Kier alpha value is -2.04. The van der Waals surface area contributed by atoms with Gasteiger partial charge in [-0.25, -0.2) is 4.79 Å². The topological polar surface area (TPSA) is 35.6 Å². The highest BCUT2D eigenvalue weighted by Gasteiger charge is 2.20. The molecule has 0 saturated carbocycles. The maximum Gasteiger partial charge on any atom is 0.321 e. The van der Waals surface area contributed by atoms with Crippen molar-refractivity contribution in [1.29, 1.82) is 0 Å². The zero-order valence-electron chi connectivity index (χ0n) is 15.2. The van der Waals surface area contributed by atoms with Crippen molar-refractivity contribution in [1.82, 2.24) is 9.80 Å². The van der Waals surface area contributed by atoms with E-state index in [0.717, 1.165) is 56.3 Å². The Kier molecular flexibility index (Phi) is 6.53. The summed E-state index contributed by atoms with van der Waals surface area (Å²) < 4.78 is 0. The third-order valence-corrected chi connectivity index (χ3v) is 5.15. The molecule has 1 saturated heterocycles. The lowest BCUT2D eigenvalue weighted by atomic mass is 10.1. The Morgan fingerprint density at radius 3 is 2.19 bits per heavy atom. The molecule has 2 aromatic rings. The van der Waals surface area contributed by atoms with Gasteiger partial charge in [-0.1, -0.05) is 42.8 Å². The predicted molar refractivity (Wildman–Crippen MR) is 108 cm³/mol. The van der Waals surface area contributed by atoms with Gasteiger partial charge in [0, 0.05) is 43.4 Å². The highest BCUT2D eigenvalue weighted by atomic mass is 35.5. The summed E-state index contributed by atoms with van der Waals surface area (Å²) >= 11 is 5.93. The van der Waals surface area contributed by atoms with Gasteiger partial charge in [0.2, 0.25) is 0 Å². The average molecular weight is 372 g/mol. The van der Waals surface area contributed by atoms with E-state index in [1.54, 1.807) is 0 Å². The van der Waals surface area contributed by atoms with E-state index in [1.165, 1.54) is 11.1 Å². The minimum atomic E-state index is -0.00778. The number of halogens is 1. The summed E-state index contributed by atoms with van der Waals surface area (Å²) in [4.78, 5) is 16.7. The highest BCUT2D eigenvalue weighted by Crippen LogP contribution is 2.13. The number of piperazine rings is 1. The van der Waals surface area contributed by atoms with Crippen molar-refractivity contribution in [2.75, 3.05) is 38.0 Å². The molecule has 0 aliphatic carbocycles. The van der Waals surface area contributed by atoms with Gasteiger partial charge < -0.3 is 10.2 Å². The maximum atomic E-state index is 12.4. The molecule has 1 fully saturated rings. The number of nitrogens with zero attached hydrogens (tertiary/aromatic N) is 2. The number of hydrogen-bond donors (Lipinski definition) is 1. The largest absolute Gasteiger partial charge is 0.322 e. The van der Waals surface area contributed by atoms with Crippen molar-refractivity contribution in [2.24, 2.45) is 0 Å². The fraction of sp³-hybridized carbons (Fsp3) is 0.381. The number of urea groups is 1. The first-order valence-electron chi connectivity index (χ1n) is 9.25. The van der Waals surface area contributed by atoms with Gasteiger partial charge in [-0.3, -0.25) is 4.90 Å². The summed E-state index contributed by atoms with van der Waals surface area (Å²) in [6.07, 6.45) is 2.01. The second-order valence-electron chi connectivity index (χ2n) is 6.69. The smallest absolute Gasteiger partial charge is 0.321 e. The summed E-state index contributed by atoms with van der Waals surface area (Å²) in [6, 6.07) is 16.1. The van der Waals surface area contributed by atoms with Gasteiger partial charge in [0.15, 0.2) is 0 Å². The molecule has 1 aliphatic heterocycles. The Morgan fingerprint density at radius 2 is 1.58 bits per heavy atom. The highest BCUT2D eigenvalue weighted by molar-refractivity contribution is 6.30. The minimum absolute atomic E-state index is 0.00778. The van der Waals surface area contributed by atoms with Gasteiger partial charge in [0.25, 0.3) is 0 Å². The van der Waals surface area contributed by atoms with Crippen molar-refractivity contribution in [3.05, 3.63) is 64.7 Å². The number of rotatable bonds is 5. The van der Waals surface area contributed by atoms with Gasteiger partial charge in [0.1, 0.15) is 0 Å². The van der Waals surface area contributed by atoms with Crippen LogP contribution in [0.3, 0.4) is 0 Å². The number of carbonyl (C=O) groups excluding carboxylic acids is 1. The molecule has 0 atom stereocenters. The lowest BCUT2D eigenvalue weighted by Crippen LogP contribution is -2.50. The van der Waals surface area contributed by atoms with E-state index in [9.17, 15) is 4.79 Å². The van der Waals surface area contributed by atoms with Crippen molar-refractivity contribution >= 4 is 23.3 Å². The Labute approximate surface area is 160 Å². The Morgan fingerprint density at radius 1 is 0.962 bits per heavy atom. The monoisotopic (exact) mass is 371 g/mol. The number of amides is 2.